The molecule has 0 aromatic carbocycles. The Balaban J connectivity index is 1.67. The first-order valence-electron chi connectivity index (χ1n) is 9.02. The number of guanidine groups is 1. The Morgan fingerprint density at radius 2 is 2.13 bits per heavy atom. The zero-order valence-corrected chi connectivity index (χ0v) is 14.8. The molecule has 1 saturated carbocycles. The molecule has 0 atom stereocenters. The van der Waals surface area contributed by atoms with Crippen LogP contribution >= 0.6 is 0 Å². The summed E-state index contributed by atoms with van der Waals surface area (Å²) >= 11 is 0. The maximum Gasteiger partial charge on any atom is 0.194 e. The number of hydrogen-bond donors (Lipinski definition) is 1. The molecule has 0 amide bonds. The van der Waals surface area contributed by atoms with Gasteiger partial charge in [0.25, 0.3) is 0 Å². The second kappa shape index (κ2) is 6.89. The van der Waals surface area contributed by atoms with E-state index in [0.29, 0.717) is 12.0 Å². The Bertz CT molecular complexity index is 557. The van der Waals surface area contributed by atoms with Crippen LogP contribution in [0.5, 0.6) is 0 Å². The molecular weight excluding hydrogens is 288 g/mol. The van der Waals surface area contributed by atoms with Gasteiger partial charge in [0.15, 0.2) is 11.8 Å². The van der Waals surface area contributed by atoms with Gasteiger partial charge in [-0.25, -0.2) is 4.99 Å². The van der Waals surface area contributed by atoms with Gasteiger partial charge in [-0.2, -0.15) is 0 Å². The highest BCUT2D eigenvalue weighted by Crippen LogP contribution is 2.47. The Morgan fingerprint density at radius 1 is 1.30 bits per heavy atom. The smallest absolute Gasteiger partial charge is 0.194 e. The topological polar surface area (TPSA) is 58.3 Å². The van der Waals surface area contributed by atoms with Crippen molar-refractivity contribution in [2.45, 2.75) is 58.9 Å². The predicted octanol–water partition coefficient (Wildman–Crippen LogP) is 2.25. The summed E-state index contributed by atoms with van der Waals surface area (Å²) in [5.41, 5.74) is 0.592. The summed E-state index contributed by atoms with van der Waals surface area (Å²) in [6.45, 7) is 8.09. The Kier molecular flexibility index (Phi) is 4.87. The van der Waals surface area contributed by atoms with Gasteiger partial charge < -0.3 is 14.8 Å². The van der Waals surface area contributed by atoms with Crippen molar-refractivity contribution in [2.24, 2.45) is 17.5 Å². The average molecular weight is 318 g/mol. The molecular formula is C17H30N6. The van der Waals surface area contributed by atoms with Gasteiger partial charge in [-0.1, -0.05) is 19.8 Å². The third-order valence-corrected chi connectivity index (χ3v) is 5.52. The zero-order valence-electron chi connectivity index (χ0n) is 14.8. The van der Waals surface area contributed by atoms with Crippen LogP contribution in [0.25, 0.3) is 0 Å². The maximum atomic E-state index is 4.85. The number of nitrogens with zero attached hydrogens (tertiary/aromatic N) is 5. The van der Waals surface area contributed by atoms with E-state index < -0.39 is 0 Å². The molecule has 128 valence electrons. The lowest BCUT2D eigenvalue weighted by atomic mass is 9.68. The van der Waals surface area contributed by atoms with Gasteiger partial charge in [0.05, 0.1) is 0 Å². The molecule has 1 aromatic rings. The summed E-state index contributed by atoms with van der Waals surface area (Å²) in [6, 6.07) is 0. The predicted molar refractivity (Wildman–Crippen MR) is 92.3 cm³/mol. The maximum absolute atomic E-state index is 4.85. The summed E-state index contributed by atoms with van der Waals surface area (Å²) in [6.07, 6.45) is 7.91. The van der Waals surface area contributed by atoms with Crippen molar-refractivity contribution in [3.63, 3.8) is 0 Å². The van der Waals surface area contributed by atoms with Crippen molar-refractivity contribution in [2.75, 3.05) is 19.6 Å². The van der Waals surface area contributed by atoms with Crippen LogP contribution < -0.4 is 5.32 Å². The zero-order chi connectivity index (χ0) is 16.3. The second-order valence-electron chi connectivity index (χ2n) is 7.17. The van der Waals surface area contributed by atoms with Gasteiger partial charge >= 0.3 is 0 Å². The first kappa shape index (κ1) is 16.3. The fourth-order valence-electron chi connectivity index (χ4n) is 3.58. The van der Waals surface area contributed by atoms with Gasteiger partial charge in [0, 0.05) is 26.7 Å². The van der Waals surface area contributed by atoms with Crippen LogP contribution in [0.3, 0.4) is 0 Å². The van der Waals surface area contributed by atoms with Crippen molar-refractivity contribution in [1.29, 1.82) is 0 Å². The Hall–Kier alpha value is -1.59. The lowest BCUT2D eigenvalue weighted by Gasteiger charge is -2.38. The monoisotopic (exact) mass is 318 g/mol. The molecule has 0 bridgehead atoms. The quantitative estimate of drug-likeness (QED) is 0.514. The molecule has 2 fully saturated rings. The molecule has 6 heteroatoms. The van der Waals surface area contributed by atoms with E-state index in [-0.39, 0.29) is 0 Å². The average Bonchev–Trinajstić information content (AvgIpc) is 3.09. The van der Waals surface area contributed by atoms with Crippen molar-refractivity contribution in [1.82, 2.24) is 25.0 Å². The number of hydrogen-bond acceptors (Lipinski definition) is 3. The molecule has 1 aromatic heterocycles. The molecule has 1 N–H and O–H groups in total. The standard InChI is InChI=1S/C17H30N6/c1-4-5-10-18-16(19-12-15-21-20-14(2)22(15)3)23-11-9-17(13-23)7-6-8-17/h4-13H2,1-3H3,(H,18,19). The Morgan fingerprint density at radius 3 is 2.70 bits per heavy atom. The van der Waals surface area contributed by atoms with Crippen molar-refractivity contribution in [3.05, 3.63) is 11.6 Å². The molecule has 0 radical (unpaired) electrons. The minimum absolute atomic E-state index is 0.592. The van der Waals surface area contributed by atoms with E-state index in [1.54, 1.807) is 0 Å². The highest BCUT2D eigenvalue weighted by atomic mass is 15.3. The summed E-state index contributed by atoms with van der Waals surface area (Å²) in [5, 5.41) is 11.9. The third-order valence-electron chi connectivity index (χ3n) is 5.52. The molecule has 23 heavy (non-hydrogen) atoms. The van der Waals surface area contributed by atoms with Gasteiger partial charge in [-0.05, 0) is 38.0 Å². The molecule has 1 aliphatic heterocycles. The number of likely N-dealkylation sites (tertiary alicyclic amines) is 1. The Labute approximate surface area is 139 Å². The minimum atomic E-state index is 0.592. The molecule has 1 aliphatic carbocycles. The van der Waals surface area contributed by atoms with E-state index >= 15 is 0 Å². The number of aromatic nitrogens is 3. The van der Waals surface area contributed by atoms with Gasteiger partial charge in [-0.15, -0.1) is 10.2 Å². The fraction of sp³-hybridized carbons (Fsp3) is 0.824. The summed E-state index contributed by atoms with van der Waals surface area (Å²) in [5.74, 6) is 2.92. The van der Waals surface area contributed by atoms with E-state index in [2.05, 4.69) is 27.3 Å². The van der Waals surface area contributed by atoms with Crippen LogP contribution in [0.1, 0.15) is 57.1 Å². The van der Waals surface area contributed by atoms with E-state index in [4.69, 9.17) is 4.99 Å². The van der Waals surface area contributed by atoms with Gasteiger partial charge in [-0.3, -0.25) is 0 Å². The first-order chi connectivity index (χ1) is 11.1. The summed E-state index contributed by atoms with van der Waals surface area (Å²) in [7, 11) is 2.00. The number of aryl methyl sites for hydroxylation is 1. The van der Waals surface area contributed by atoms with Crippen LogP contribution in [-0.4, -0.2) is 45.3 Å². The molecule has 1 spiro atoms. The molecule has 2 heterocycles. The van der Waals surface area contributed by atoms with Crippen LogP contribution in [0.2, 0.25) is 0 Å². The van der Waals surface area contributed by atoms with Crippen molar-refractivity contribution >= 4 is 5.96 Å². The minimum Gasteiger partial charge on any atom is -0.356 e. The molecule has 3 rings (SSSR count). The van der Waals surface area contributed by atoms with Crippen LogP contribution in [0.4, 0.5) is 0 Å². The van der Waals surface area contributed by atoms with E-state index in [1.165, 1.54) is 45.1 Å². The molecule has 1 saturated heterocycles. The van der Waals surface area contributed by atoms with E-state index in [9.17, 15) is 0 Å². The number of nitrogens with one attached hydrogen (secondary N) is 1. The van der Waals surface area contributed by atoms with Crippen LogP contribution in [0, 0.1) is 12.3 Å². The molecule has 6 nitrogen and oxygen atoms in total. The van der Waals surface area contributed by atoms with Crippen LogP contribution in [0.15, 0.2) is 4.99 Å². The SMILES string of the molecule is CCCCNC(=NCc1nnc(C)n1C)N1CCC2(CCC2)C1. The molecule has 0 unspecified atom stereocenters. The summed E-state index contributed by atoms with van der Waals surface area (Å²) in [4.78, 5) is 7.31. The van der Waals surface area contributed by atoms with Gasteiger partial charge in [0.2, 0.25) is 0 Å². The highest BCUT2D eigenvalue weighted by molar-refractivity contribution is 5.80. The number of rotatable bonds is 5. The largest absolute Gasteiger partial charge is 0.356 e. The normalized spacial score (nSPS) is 20.1. The highest BCUT2D eigenvalue weighted by Gasteiger charge is 2.43. The number of aliphatic imine (C=N–C) groups is 1. The number of unbranched alkanes of at least 4 members (excludes halogenated alkanes) is 1. The summed E-state index contributed by atoms with van der Waals surface area (Å²) < 4.78 is 2.02. The third kappa shape index (κ3) is 3.51. The molecule has 2 aliphatic rings. The van der Waals surface area contributed by atoms with Crippen LogP contribution in [-0.2, 0) is 13.6 Å². The lowest BCUT2D eigenvalue weighted by molar-refractivity contribution is 0.151. The van der Waals surface area contributed by atoms with Crippen molar-refractivity contribution in [3.8, 4) is 0 Å². The van der Waals surface area contributed by atoms with E-state index in [1.807, 2.05) is 18.5 Å². The second-order valence-corrected chi connectivity index (χ2v) is 7.17. The van der Waals surface area contributed by atoms with E-state index in [0.717, 1.165) is 30.7 Å². The van der Waals surface area contributed by atoms with Crippen molar-refractivity contribution < 1.29 is 0 Å². The van der Waals surface area contributed by atoms with Gasteiger partial charge in [0.1, 0.15) is 12.4 Å². The lowest BCUT2D eigenvalue weighted by Crippen LogP contribution is -2.43. The fourth-order valence-corrected chi connectivity index (χ4v) is 3.58. The first-order valence-corrected chi connectivity index (χ1v) is 9.02.